The van der Waals surface area contributed by atoms with Crippen molar-refractivity contribution >= 4 is 39.0 Å². The summed E-state index contributed by atoms with van der Waals surface area (Å²) in [5.74, 6) is -0.123. The van der Waals surface area contributed by atoms with Crippen LogP contribution in [-0.4, -0.2) is 39.8 Å². The lowest BCUT2D eigenvalue weighted by atomic mass is 10.2. The van der Waals surface area contributed by atoms with Crippen molar-refractivity contribution in [1.29, 1.82) is 0 Å². The van der Waals surface area contributed by atoms with Gasteiger partial charge in [0.25, 0.3) is 0 Å². The zero-order valence-electron chi connectivity index (χ0n) is 14.4. The summed E-state index contributed by atoms with van der Waals surface area (Å²) in [6.45, 7) is 1.97. The standard InChI is InChI=1S/C17H20N2O4S2/c1-12-9-10-24-15(12)7-8-17(20)18-13-5-6-14(23-4)16(11-13)25(21,22)19(2)3/h5-11H,1-4H3,(H,18,20)/b8-7+. The van der Waals surface area contributed by atoms with Crippen LogP contribution in [0.3, 0.4) is 0 Å². The summed E-state index contributed by atoms with van der Waals surface area (Å²) in [7, 11) is 0.580. The van der Waals surface area contributed by atoms with Crippen molar-refractivity contribution in [3.8, 4) is 5.75 Å². The molecule has 0 atom stereocenters. The van der Waals surface area contributed by atoms with Crippen molar-refractivity contribution in [2.24, 2.45) is 0 Å². The minimum atomic E-state index is -3.69. The number of ether oxygens (including phenoxy) is 1. The van der Waals surface area contributed by atoms with Gasteiger partial charge >= 0.3 is 0 Å². The number of hydrogen-bond donors (Lipinski definition) is 1. The highest BCUT2D eigenvalue weighted by atomic mass is 32.2. The van der Waals surface area contributed by atoms with Gasteiger partial charge in [-0.3, -0.25) is 4.79 Å². The molecule has 134 valence electrons. The first-order valence-corrected chi connectivity index (χ1v) is 9.71. The molecule has 1 aromatic heterocycles. The fraction of sp³-hybridized carbons (Fsp3) is 0.235. The molecule has 0 radical (unpaired) electrons. The Morgan fingerprint density at radius 2 is 2.00 bits per heavy atom. The summed E-state index contributed by atoms with van der Waals surface area (Å²) in [5.41, 5.74) is 1.47. The molecule has 0 fully saturated rings. The van der Waals surface area contributed by atoms with E-state index in [-0.39, 0.29) is 16.6 Å². The summed E-state index contributed by atoms with van der Waals surface area (Å²) in [4.78, 5) is 13.1. The number of rotatable bonds is 6. The van der Waals surface area contributed by atoms with Crippen molar-refractivity contribution in [3.63, 3.8) is 0 Å². The Kier molecular flexibility index (Phi) is 5.99. The molecule has 1 N–H and O–H groups in total. The minimum absolute atomic E-state index is 0.00381. The predicted molar refractivity (Wildman–Crippen MR) is 101 cm³/mol. The second kappa shape index (κ2) is 7.81. The van der Waals surface area contributed by atoms with Gasteiger partial charge in [0.15, 0.2) is 0 Å². The van der Waals surface area contributed by atoms with E-state index in [1.54, 1.807) is 23.5 Å². The molecule has 0 aliphatic heterocycles. The van der Waals surface area contributed by atoms with Crippen LogP contribution in [0.2, 0.25) is 0 Å². The minimum Gasteiger partial charge on any atom is -0.495 e. The van der Waals surface area contributed by atoms with Gasteiger partial charge in [0, 0.05) is 30.7 Å². The maximum atomic E-state index is 12.4. The number of carbonyl (C=O) groups excluding carboxylic acids is 1. The fourth-order valence-corrected chi connectivity index (χ4v) is 3.94. The van der Waals surface area contributed by atoms with Crippen LogP contribution in [0, 0.1) is 6.92 Å². The highest BCUT2D eigenvalue weighted by Gasteiger charge is 2.22. The third-order valence-corrected chi connectivity index (χ3v) is 6.30. The maximum absolute atomic E-state index is 12.4. The zero-order chi connectivity index (χ0) is 18.6. The Bertz CT molecular complexity index is 899. The fourth-order valence-electron chi connectivity index (χ4n) is 2.04. The number of thiophene rings is 1. The van der Waals surface area contributed by atoms with Crippen LogP contribution in [-0.2, 0) is 14.8 Å². The summed E-state index contributed by atoms with van der Waals surface area (Å²) in [6, 6.07) is 6.47. The van der Waals surface area contributed by atoms with Crippen molar-refractivity contribution in [2.45, 2.75) is 11.8 Å². The van der Waals surface area contributed by atoms with Crippen LogP contribution in [0.15, 0.2) is 40.6 Å². The second-order valence-corrected chi connectivity index (χ2v) is 8.51. The van der Waals surface area contributed by atoms with Gasteiger partial charge in [-0.25, -0.2) is 12.7 Å². The zero-order valence-corrected chi connectivity index (χ0v) is 16.1. The van der Waals surface area contributed by atoms with Crippen LogP contribution >= 0.6 is 11.3 Å². The number of carbonyl (C=O) groups is 1. The quantitative estimate of drug-likeness (QED) is 0.782. The molecule has 2 aromatic rings. The third-order valence-electron chi connectivity index (χ3n) is 3.48. The number of amides is 1. The van der Waals surface area contributed by atoms with E-state index in [1.807, 2.05) is 18.4 Å². The van der Waals surface area contributed by atoms with E-state index < -0.39 is 10.0 Å². The van der Waals surface area contributed by atoms with Crippen molar-refractivity contribution in [1.82, 2.24) is 4.31 Å². The van der Waals surface area contributed by atoms with Crippen LogP contribution in [0.25, 0.3) is 6.08 Å². The molecule has 0 saturated carbocycles. The van der Waals surface area contributed by atoms with E-state index in [9.17, 15) is 13.2 Å². The second-order valence-electron chi connectivity index (χ2n) is 5.44. The highest BCUT2D eigenvalue weighted by molar-refractivity contribution is 7.89. The lowest BCUT2D eigenvalue weighted by molar-refractivity contribution is -0.111. The first kappa shape index (κ1) is 19.2. The van der Waals surface area contributed by atoms with Gasteiger partial charge in [0.2, 0.25) is 15.9 Å². The van der Waals surface area contributed by atoms with Crippen LogP contribution in [0.1, 0.15) is 10.4 Å². The molecule has 0 unspecified atom stereocenters. The topological polar surface area (TPSA) is 75.7 Å². The molecule has 6 nitrogen and oxygen atoms in total. The third kappa shape index (κ3) is 4.47. The highest BCUT2D eigenvalue weighted by Crippen LogP contribution is 2.28. The van der Waals surface area contributed by atoms with Crippen LogP contribution < -0.4 is 10.1 Å². The van der Waals surface area contributed by atoms with E-state index in [0.717, 1.165) is 14.7 Å². The average Bonchev–Trinajstić information content (AvgIpc) is 2.97. The van der Waals surface area contributed by atoms with E-state index >= 15 is 0 Å². The molecule has 8 heteroatoms. The Morgan fingerprint density at radius 3 is 2.56 bits per heavy atom. The van der Waals surface area contributed by atoms with Crippen molar-refractivity contribution in [3.05, 3.63) is 46.2 Å². The number of methoxy groups -OCH3 is 1. The number of sulfonamides is 1. The summed E-state index contributed by atoms with van der Waals surface area (Å²) < 4.78 is 31.0. The van der Waals surface area contributed by atoms with Gasteiger partial charge in [0.1, 0.15) is 10.6 Å². The number of aryl methyl sites for hydroxylation is 1. The number of nitrogens with one attached hydrogen (secondary N) is 1. The van der Waals surface area contributed by atoms with Gasteiger partial charge in [-0.2, -0.15) is 0 Å². The van der Waals surface area contributed by atoms with Gasteiger partial charge in [-0.15, -0.1) is 11.3 Å². The molecule has 2 rings (SSSR count). The molecule has 0 aliphatic rings. The lowest BCUT2D eigenvalue weighted by Gasteiger charge is -2.15. The Balaban J connectivity index is 2.24. The molecule has 0 aliphatic carbocycles. The molecule has 0 bridgehead atoms. The first-order chi connectivity index (χ1) is 11.8. The average molecular weight is 380 g/mol. The Morgan fingerprint density at radius 1 is 1.28 bits per heavy atom. The normalized spacial score (nSPS) is 11.9. The SMILES string of the molecule is COc1ccc(NC(=O)/C=C/c2sccc2C)cc1S(=O)(=O)N(C)C. The monoisotopic (exact) mass is 380 g/mol. The first-order valence-electron chi connectivity index (χ1n) is 7.39. The smallest absolute Gasteiger partial charge is 0.248 e. The van der Waals surface area contributed by atoms with Crippen molar-refractivity contribution < 1.29 is 17.9 Å². The van der Waals surface area contributed by atoms with Gasteiger partial charge in [-0.1, -0.05) is 0 Å². The molecule has 1 aromatic carbocycles. The summed E-state index contributed by atoms with van der Waals surface area (Å²) in [6.07, 6.45) is 3.15. The van der Waals surface area contributed by atoms with Crippen LogP contribution in [0.4, 0.5) is 5.69 Å². The van der Waals surface area contributed by atoms with E-state index in [0.29, 0.717) is 5.69 Å². The largest absolute Gasteiger partial charge is 0.495 e. The Hall–Kier alpha value is -2.16. The van der Waals surface area contributed by atoms with Gasteiger partial charge < -0.3 is 10.1 Å². The molecule has 0 spiro atoms. The molecule has 25 heavy (non-hydrogen) atoms. The predicted octanol–water partition coefficient (Wildman–Crippen LogP) is 2.97. The van der Waals surface area contributed by atoms with E-state index in [1.165, 1.54) is 39.4 Å². The molecular formula is C17H20N2O4S2. The summed E-state index contributed by atoms with van der Waals surface area (Å²) in [5, 5.41) is 4.62. The molecule has 0 saturated heterocycles. The maximum Gasteiger partial charge on any atom is 0.248 e. The number of hydrogen-bond acceptors (Lipinski definition) is 5. The van der Waals surface area contributed by atoms with Crippen LogP contribution in [0.5, 0.6) is 5.75 Å². The van der Waals surface area contributed by atoms with E-state index in [4.69, 9.17) is 4.74 Å². The number of nitrogens with zero attached hydrogens (tertiary/aromatic N) is 1. The lowest BCUT2D eigenvalue weighted by Crippen LogP contribution is -2.23. The van der Waals surface area contributed by atoms with E-state index in [2.05, 4.69) is 5.32 Å². The van der Waals surface area contributed by atoms with Crippen molar-refractivity contribution in [2.75, 3.05) is 26.5 Å². The van der Waals surface area contributed by atoms with Gasteiger partial charge in [0.05, 0.1) is 7.11 Å². The Labute approximate surface area is 151 Å². The molecular weight excluding hydrogens is 360 g/mol. The van der Waals surface area contributed by atoms with Gasteiger partial charge in [-0.05, 0) is 48.2 Å². The number of anilines is 1. The molecule has 1 heterocycles. The number of benzene rings is 1. The summed E-state index contributed by atoms with van der Waals surface area (Å²) >= 11 is 1.54. The molecule has 1 amide bonds.